The normalized spacial score (nSPS) is 19.2. The molecule has 7 heteroatoms. The number of carbonyl (C=O) groups is 1. The summed E-state index contributed by atoms with van der Waals surface area (Å²) in [6, 6.07) is 0. The van der Waals surface area contributed by atoms with Crippen LogP contribution in [0.2, 0.25) is 0 Å². The zero-order chi connectivity index (χ0) is 14.5. The van der Waals surface area contributed by atoms with Gasteiger partial charge in [-0.2, -0.15) is 0 Å². The number of carbonyl (C=O) groups excluding carboxylic acids is 1. The Morgan fingerprint density at radius 3 is 3.00 bits per heavy atom. The summed E-state index contributed by atoms with van der Waals surface area (Å²) >= 11 is 1.31. The molecule has 2 rings (SSSR count). The molecule has 6 nitrogen and oxygen atoms in total. The molecular formula is C13H23N5OS. The molecule has 0 aromatic carbocycles. The van der Waals surface area contributed by atoms with E-state index in [0.29, 0.717) is 28.3 Å². The van der Waals surface area contributed by atoms with E-state index in [4.69, 9.17) is 5.73 Å². The Morgan fingerprint density at radius 1 is 1.55 bits per heavy atom. The number of rotatable bonds is 6. The molecule has 1 fully saturated rings. The van der Waals surface area contributed by atoms with Crippen molar-refractivity contribution in [3.8, 4) is 0 Å². The maximum atomic E-state index is 12.1. The van der Waals surface area contributed by atoms with Gasteiger partial charge in [0.25, 0.3) is 5.91 Å². The van der Waals surface area contributed by atoms with Crippen molar-refractivity contribution in [1.29, 1.82) is 0 Å². The van der Waals surface area contributed by atoms with Crippen molar-refractivity contribution in [2.45, 2.75) is 20.3 Å². The van der Waals surface area contributed by atoms with Crippen molar-refractivity contribution < 1.29 is 4.79 Å². The van der Waals surface area contributed by atoms with Crippen molar-refractivity contribution in [1.82, 2.24) is 15.2 Å². The first-order valence-electron chi connectivity index (χ1n) is 7.14. The van der Waals surface area contributed by atoms with Gasteiger partial charge in [0.1, 0.15) is 10.7 Å². The highest BCUT2D eigenvalue weighted by atomic mass is 32.1. The zero-order valence-electron chi connectivity index (χ0n) is 12.1. The highest BCUT2D eigenvalue weighted by Gasteiger charge is 2.22. The van der Waals surface area contributed by atoms with Gasteiger partial charge < -0.3 is 21.3 Å². The number of amides is 1. The van der Waals surface area contributed by atoms with Crippen molar-refractivity contribution in [2.24, 2.45) is 5.92 Å². The topological polar surface area (TPSA) is 83.3 Å². The van der Waals surface area contributed by atoms with Gasteiger partial charge in [0.05, 0.1) is 0 Å². The number of likely N-dealkylation sites (tertiary alicyclic amines) is 1. The van der Waals surface area contributed by atoms with E-state index in [1.807, 2.05) is 6.92 Å². The van der Waals surface area contributed by atoms with E-state index in [9.17, 15) is 4.79 Å². The van der Waals surface area contributed by atoms with Gasteiger partial charge >= 0.3 is 0 Å². The van der Waals surface area contributed by atoms with Crippen LogP contribution in [0.3, 0.4) is 0 Å². The van der Waals surface area contributed by atoms with Gasteiger partial charge in [-0.25, -0.2) is 4.98 Å². The molecule has 0 bridgehead atoms. The van der Waals surface area contributed by atoms with E-state index in [1.165, 1.54) is 11.3 Å². The minimum absolute atomic E-state index is 0.112. The maximum Gasteiger partial charge on any atom is 0.265 e. The number of nitrogens with one attached hydrogen (secondary N) is 2. The van der Waals surface area contributed by atoms with Gasteiger partial charge in [-0.05, 0) is 32.4 Å². The number of nitrogens with zero attached hydrogens (tertiary/aromatic N) is 2. The average Bonchev–Trinajstić information content (AvgIpc) is 3.03. The fourth-order valence-corrected chi connectivity index (χ4v) is 3.27. The molecule has 0 spiro atoms. The third-order valence-corrected chi connectivity index (χ3v) is 4.58. The second kappa shape index (κ2) is 6.90. The summed E-state index contributed by atoms with van der Waals surface area (Å²) in [6.07, 6.45) is 1.15. The number of hydrogen-bond donors (Lipinski definition) is 3. The molecule has 1 unspecified atom stereocenters. The van der Waals surface area contributed by atoms with Crippen LogP contribution in [0.15, 0.2) is 0 Å². The summed E-state index contributed by atoms with van der Waals surface area (Å²) in [6.45, 7) is 8.91. The van der Waals surface area contributed by atoms with Crippen LogP contribution in [-0.2, 0) is 0 Å². The van der Waals surface area contributed by atoms with Crippen molar-refractivity contribution in [3.63, 3.8) is 0 Å². The molecule has 112 valence electrons. The van der Waals surface area contributed by atoms with Gasteiger partial charge in [-0.3, -0.25) is 4.79 Å². The standard InChI is InChI=1S/C13H23N5OS/c1-3-15-13-17-11(14)10(20-13)12(19)16-7-9-5-6-18(4-2)8-9/h9H,3-8,14H2,1-2H3,(H,15,17)(H,16,19). The highest BCUT2D eigenvalue weighted by molar-refractivity contribution is 7.18. The quantitative estimate of drug-likeness (QED) is 0.735. The lowest BCUT2D eigenvalue weighted by molar-refractivity contribution is 0.0952. The molecule has 2 heterocycles. The molecule has 1 amide bonds. The molecule has 1 aliphatic rings. The summed E-state index contributed by atoms with van der Waals surface area (Å²) in [5.41, 5.74) is 5.79. The molecule has 0 saturated carbocycles. The van der Waals surface area contributed by atoms with Gasteiger partial charge in [-0.1, -0.05) is 18.3 Å². The van der Waals surface area contributed by atoms with Crippen LogP contribution < -0.4 is 16.4 Å². The second-order valence-corrected chi connectivity index (χ2v) is 6.02. The van der Waals surface area contributed by atoms with Crippen molar-refractivity contribution in [2.75, 3.05) is 43.8 Å². The van der Waals surface area contributed by atoms with E-state index in [0.717, 1.165) is 32.6 Å². The Bertz CT molecular complexity index is 462. The van der Waals surface area contributed by atoms with Crippen LogP contribution in [0.1, 0.15) is 29.9 Å². The first-order valence-corrected chi connectivity index (χ1v) is 7.96. The van der Waals surface area contributed by atoms with Crippen LogP contribution >= 0.6 is 11.3 Å². The average molecular weight is 297 g/mol. The summed E-state index contributed by atoms with van der Waals surface area (Å²) < 4.78 is 0. The van der Waals surface area contributed by atoms with Crippen molar-refractivity contribution in [3.05, 3.63) is 4.88 Å². The summed E-state index contributed by atoms with van der Waals surface area (Å²) in [5.74, 6) is 0.741. The van der Waals surface area contributed by atoms with Crippen LogP contribution in [0.5, 0.6) is 0 Å². The Hall–Kier alpha value is -1.34. The third kappa shape index (κ3) is 3.61. The molecule has 1 aromatic rings. The van der Waals surface area contributed by atoms with Gasteiger partial charge in [0.2, 0.25) is 0 Å². The van der Waals surface area contributed by atoms with E-state index >= 15 is 0 Å². The fraction of sp³-hybridized carbons (Fsp3) is 0.692. The maximum absolute atomic E-state index is 12.1. The summed E-state index contributed by atoms with van der Waals surface area (Å²) in [7, 11) is 0. The van der Waals surface area contributed by atoms with Crippen molar-refractivity contribution >= 4 is 28.2 Å². The molecule has 1 aliphatic heterocycles. The molecular weight excluding hydrogens is 274 g/mol. The Morgan fingerprint density at radius 2 is 2.35 bits per heavy atom. The molecule has 1 atom stereocenters. The van der Waals surface area contributed by atoms with E-state index in [1.54, 1.807) is 0 Å². The minimum atomic E-state index is -0.112. The molecule has 4 N–H and O–H groups in total. The van der Waals surface area contributed by atoms with E-state index in [-0.39, 0.29) is 5.91 Å². The summed E-state index contributed by atoms with van der Waals surface area (Å²) in [5, 5.41) is 6.76. The van der Waals surface area contributed by atoms with Crippen LogP contribution in [0.25, 0.3) is 0 Å². The Labute approximate surface area is 123 Å². The number of nitrogens with two attached hydrogens (primary N) is 1. The predicted octanol–water partition coefficient (Wildman–Crippen LogP) is 1.23. The Balaban J connectivity index is 1.85. The monoisotopic (exact) mass is 297 g/mol. The van der Waals surface area contributed by atoms with Crippen LogP contribution in [0.4, 0.5) is 10.9 Å². The van der Waals surface area contributed by atoms with E-state index < -0.39 is 0 Å². The second-order valence-electron chi connectivity index (χ2n) is 5.02. The predicted molar refractivity (Wildman–Crippen MR) is 83.2 cm³/mol. The smallest absolute Gasteiger partial charge is 0.265 e. The molecule has 20 heavy (non-hydrogen) atoms. The Kier molecular flexibility index (Phi) is 5.19. The highest BCUT2D eigenvalue weighted by Crippen LogP contribution is 2.24. The van der Waals surface area contributed by atoms with E-state index in [2.05, 4.69) is 27.4 Å². The number of anilines is 2. The lowest BCUT2D eigenvalue weighted by atomic mass is 10.1. The number of thiazole rings is 1. The molecule has 0 radical (unpaired) electrons. The number of hydrogen-bond acceptors (Lipinski definition) is 6. The lowest BCUT2D eigenvalue weighted by Crippen LogP contribution is -2.30. The van der Waals surface area contributed by atoms with Gasteiger partial charge in [0, 0.05) is 19.6 Å². The lowest BCUT2D eigenvalue weighted by Gasteiger charge is -2.13. The molecule has 1 aromatic heterocycles. The minimum Gasteiger partial charge on any atom is -0.382 e. The van der Waals surface area contributed by atoms with Crippen LogP contribution in [0, 0.1) is 5.92 Å². The molecule has 1 saturated heterocycles. The first kappa shape index (κ1) is 15.1. The largest absolute Gasteiger partial charge is 0.382 e. The number of nitrogen functional groups attached to an aromatic ring is 1. The summed E-state index contributed by atoms with van der Waals surface area (Å²) in [4.78, 5) is 19.2. The van der Waals surface area contributed by atoms with Crippen LogP contribution in [-0.4, -0.2) is 48.5 Å². The SMILES string of the molecule is CCNc1nc(N)c(C(=O)NCC2CCN(CC)C2)s1. The third-order valence-electron chi connectivity index (χ3n) is 3.56. The van der Waals surface area contributed by atoms with Gasteiger partial charge in [0.15, 0.2) is 5.13 Å². The fourth-order valence-electron chi connectivity index (χ4n) is 2.41. The zero-order valence-corrected chi connectivity index (χ0v) is 12.9. The number of aromatic nitrogens is 1. The van der Waals surface area contributed by atoms with Gasteiger partial charge in [-0.15, -0.1) is 0 Å². The first-order chi connectivity index (χ1) is 9.63. The molecule has 0 aliphatic carbocycles.